The number of allylic oxidation sites excluding steroid dienone is 3. The van der Waals surface area contributed by atoms with Crippen molar-refractivity contribution in [3.63, 3.8) is 0 Å². The molecule has 8 atom stereocenters. The van der Waals surface area contributed by atoms with E-state index in [-0.39, 0.29) is 11.7 Å². The molecule has 162 valence electrons. The topological polar surface area (TPSA) is 102 Å². The molecule has 4 aliphatic rings. The SMILES string of the molecule is C[C@H](C=CC1=CC2=CC(=O)[C@@]3(C)O[C@]4(O)[C@H](C)[C@@H](C)OC(=O)[C@@H]4[C@H]3C2=CO1)[C@@H](C)O. The van der Waals surface area contributed by atoms with Crippen molar-refractivity contribution >= 4 is 11.8 Å². The van der Waals surface area contributed by atoms with Crippen LogP contribution in [0.5, 0.6) is 0 Å². The summed E-state index contributed by atoms with van der Waals surface area (Å²) >= 11 is 0. The van der Waals surface area contributed by atoms with E-state index in [2.05, 4.69) is 0 Å². The van der Waals surface area contributed by atoms with Crippen LogP contribution in [-0.2, 0) is 23.8 Å². The van der Waals surface area contributed by atoms with Gasteiger partial charge in [0.15, 0.2) is 11.6 Å². The van der Waals surface area contributed by atoms with Gasteiger partial charge < -0.3 is 24.4 Å². The van der Waals surface area contributed by atoms with Crippen LogP contribution < -0.4 is 0 Å². The zero-order valence-corrected chi connectivity index (χ0v) is 17.8. The number of aliphatic hydroxyl groups is 2. The zero-order valence-electron chi connectivity index (χ0n) is 17.8. The minimum Gasteiger partial charge on any atom is -0.465 e. The van der Waals surface area contributed by atoms with E-state index < -0.39 is 47.3 Å². The van der Waals surface area contributed by atoms with Gasteiger partial charge in [0.25, 0.3) is 0 Å². The number of esters is 1. The number of carbonyl (C=O) groups is 2. The van der Waals surface area contributed by atoms with Crippen LogP contribution in [0.3, 0.4) is 0 Å². The molecule has 2 fully saturated rings. The van der Waals surface area contributed by atoms with E-state index in [0.717, 1.165) is 0 Å². The molecule has 0 bridgehead atoms. The van der Waals surface area contributed by atoms with E-state index in [0.29, 0.717) is 16.9 Å². The highest BCUT2D eigenvalue weighted by Crippen LogP contribution is 2.58. The largest absolute Gasteiger partial charge is 0.465 e. The predicted molar refractivity (Wildman–Crippen MR) is 106 cm³/mol. The first-order valence-corrected chi connectivity index (χ1v) is 10.3. The predicted octanol–water partition coefficient (Wildman–Crippen LogP) is 2.16. The molecule has 0 spiro atoms. The van der Waals surface area contributed by atoms with E-state index in [1.54, 1.807) is 39.8 Å². The number of cyclic esters (lactones) is 1. The molecule has 30 heavy (non-hydrogen) atoms. The molecule has 2 N–H and O–H groups in total. The zero-order chi connectivity index (χ0) is 22.0. The fraction of sp³-hybridized carbons (Fsp3) is 0.565. The smallest absolute Gasteiger partial charge is 0.315 e. The van der Waals surface area contributed by atoms with Gasteiger partial charge in [-0.05, 0) is 44.6 Å². The molecule has 7 nitrogen and oxygen atoms in total. The minimum atomic E-state index is -1.80. The van der Waals surface area contributed by atoms with Crippen LogP contribution in [0.15, 0.2) is 47.5 Å². The number of hydrogen-bond acceptors (Lipinski definition) is 7. The van der Waals surface area contributed by atoms with E-state index in [9.17, 15) is 19.8 Å². The summed E-state index contributed by atoms with van der Waals surface area (Å²) in [6, 6.07) is 0. The van der Waals surface area contributed by atoms with Crippen molar-refractivity contribution in [3.05, 3.63) is 47.5 Å². The third kappa shape index (κ3) is 2.91. The number of ether oxygens (including phenoxy) is 3. The Balaban J connectivity index is 1.72. The van der Waals surface area contributed by atoms with Gasteiger partial charge in [-0.25, -0.2) is 0 Å². The van der Waals surface area contributed by atoms with E-state index in [1.165, 1.54) is 12.3 Å². The van der Waals surface area contributed by atoms with Gasteiger partial charge in [0, 0.05) is 23.3 Å². The molecule has 0 radical (unpaired) electrons. The molecule has 3 heterocycles. The van der Waals surface area contributed by atoms with Crippen LogP contribution >= 0.6 is 0 Å². The van der Waals surface area contributed by atoms with Crippen LogP contribution in [0.25, 0.3) is 0 Å². The maximum Gasteiger partial charge on any atom is 0.315 e. The molecular weight excluding hydrogens is 388 g/mol. The second-order valence-corrected chi connectivity index (χ2v) is 9.01. The third-order valence-electron chi connectivity index (χ3n) is 7.05. The lowest BCUT2D eigenvalue weighted by molar-refractivity contribution is -0.286. The van der Waals surface area contributed by atoms with Crippen molar-refractivity contribution in [2.24, 2.45) is 23.7 Å². The molecule has 2 saturated heterocycles. The van der Waals surface area contributed by atoms with Crippen LogP contribution in [0.2, 0.25) is 0 Å². The van der Waals surface area contributed by atoms with Crippen molar-refractivity contribution in [3.8, 4) is 0 Å². The molecule has 0 aromatic rings. The van der Waals surface area contributed by atoms with Gasteiger partial charge in [-0.3, -0.25) is 9.59 Å². The maximum atomic E-state index is 13.1. The Morgan fingerprint density at radius 3 is 2.53 bits per heavy atom. The Kier molecular flexibility index (Phi) is 4.84. The van der Waals surface area contributed by atoms with Gasteiger partial charge in [0.05, 0.1) is 12.4 Å². The summed E-state index contributed by atoms with van der Waals surface area (Å²) in [5.41, 5.74) is -0.153. The van der Waals surface area contributed by atoms with Crippen molar-refractivity contribution in [1.29, 1.82) is 0 Å². The monoisotopic (exact) mass is 416 g/mol. The average Bonchev–Trinajstić information content (AvgIpc) is 2.94. The Labute approximate surface area is 175 Å². The minimum absolute atomic E-state index is 0.0659. The third-order valence-corrected chi connectivity index (χ3v) is 7.05. The number of fused-ring (bicyclic) bond motifs is 5. The van der Waals surface area contributed by atoms with Gasteiger partial charge in [0.1, 0.15) is 23.4 Å². The molecule has 4 rings (SSSR count). The molecule has 0 aromatic carbocycles. The Hall–Kier alpha value is -2.22. The summed E-state index contributed by atoms with van der Waals surface area (Å²) in [5.74, 6) is -4.50. The second kappa shape index (κ2) is 6.90. The number of carbonyl (C=O) groups excluding carboxylic acids is 2. The van der Waals surface area contributed by atoms with Crippen LogP contribution in [0.4, 0.5) is 0 Å². The molecule has 0 amide bonds. The Morgan fingerprint density at radius 2 is 1.87 bits per heavy atom. The number of aliphatic hydroxyl groups excluding tert-OH is 1. The first kappa shape index (κ1) is 21.0. The molecular formula is C23H28O7. The summed E-state index contributed by atoms with van der Waals surface area (Å²) in [6.45, 7) is 8.65. The normalized spacial score (nSPS) is 42.2. The molecule has 0 unspecified atom stereocenters. The highest BCUT2D eigenvalue weighted by Gasteiger charge is 2.72. The second-order valence-electron chi connectivity index (χ2n) is 9.01. The standard InChI is InChI=1S/C23H28O7/c1-11(13(3)24)6-7-16-8-15-9-18(25)22(5)19(17(15)10-28-16)20-21(26)29-14(4)12(2)23(20,27)30-22/h6-14,19-20,24,27H,1-5H3/t11-,12-,13-,14-,19-,20+,22-,23-/m1/s1. The lowest BCUT2D eigenvalue weighted by Gasteiger charge is -2.42. The lowest BCUT2D eigenvalue weighted by Crippen LogP contribution is -2.56. The first-order chi connectivity index (χ1) is 14.0. The summed E-state index contributed by atoms with van der Waals surface area (Å²) in [6.07, 6.45) is 7.23. The Morgan fingerprint density at radius 1 is 1.17 bits per heavy atom. The van der Waals surface area contributed by atoms with E-state index in [1.807, 2.05) is 13.0 Å². The van der Waals surface area contributed by atoms with Gasteiger partial charge >= 0.3 is 5.97 Å². The quantitative estimate of drug-likeness (QED) is 0.680. The summed E-state index contributed by atoms with van der Waals surface area (Å²) in [4.78, 5) is 25.9. The summed E-state index contributed by atoms with van der Waals surface area (Å²) < 4.78 is 17.2. The highest BCUT2D eigenvalue weighted by molar-refractivity contribution is 6.02. The van der Waals surface area contributed by atoms with E-state index >= 15 is 0 Å². The van der Waals surface area contributed by atoms with Crippen LogP contribution in [-0.4, -0.2) is 45.6 Å². The van der Waals surface area contributed by atoms with E-state index in [4.69, 9.17) is 14.2 Å². The summed E-state index contributed by atoms with van der Waals surface area (Å²) in [5, 5.41) is 21.0. The molecule has 3 aliphatic heterocycles. The van der Waals surface area contributed by atoms with Crippen molar-refractivity contribution in [2.45, 2.75) is 58.2 Å². The molecule has 0 aromatic heterocycles. The fourth-order valence-electron chi connectivity index (χ4n) is 4.71. The lowest BCUT2D eigenvalue weighted by atomic mass is 9.65. The highest BCUT2D eigenvalue weighted by atomic mass is 16.7. The van der Waals surface area contributed by atoms with Gasteiger partial charge in [-0.15, -0.1) is 0 Å². The fourth-order valence-corrected chi connectivity index (χ4v) is 4.71. The first-order valence-electron chi connectivity index (χ1n) is 10.3. The van der Waals surface area contributed by atoms with Gasteiger partial charge in [-0.2, -0.15) is 0 Å². The molecule has 7 heteroatoms. The number of rotatable bonds is 3. The van der Waals surface area contributed by atoms with Crippen LogP contribution in [0, 0.1) is 23.7 Å². The van der Waals surface area contributed by atoms with Crippen molar-refractivity contribution in [2.75, 3.05) is 0 Å². The molecule has 0 saturated carbocycles. The number of hydrogen-bond donors (Lipinski definition) is 2. The maximum absolute atomic E-state index is 13.1. The number of ketones is 1. The van der Waals surface area contributed by atoms with Gasteiger partial charge in [-0.1, -0.05) is 19.9 Å². The summed E-state index contributed by atoms with van der Waals surface area (Å²) in [7, 11) is 0. The van der Waals surface area contributed by atoms with Crippen molar-refractivity contribution in [1.82, 2.24) is 0 Å². The van der Waals surface area contributed by atoms with Crippen LogP contribution in [0.1, 0.15) is 34.6 Å². The Bertz CT molecular complexity index is 911. The average molecular weight is 416 g/mol. The molecule has 1 aliphatic carbocycles. The van der Waals surface area contributed by atoms with Crippen molar-refractivity contribution < 1.29 is 34.0 Å². The van der Waals surface area contributed by atoms with Gasteiger partial charge in [0.2, 0.25) is 0 Å².